The minimum absolute atomic E-state index is 1.33. The Hall–Kier alpha value is -1.69. The maximum atomic E-state index is 2.46. The Morgan fingerprint density at radius 3 is 1.67 bits per heavy atom. The third-order valence-electron chi connectivity index (χ3n) is 4.57. The molecule has 0 aliphatic heterocycles. The molecular formula is C22H25PSi. The highest BCUT2D eigenvalue weighted by atomic mass is 31.0. The summed E-state index contributed by atoms with van der Waals surface area (Å²) in [4.78, 5) is 1.67. The summed E-state index contributed by atoms with van der Waals surface area (Å²) in [6.07, 6.45) is 0. The van der Waals surface area contributed by atoms with Gasteiger partial charge in [-0.3, -0.25) is 0 Å². The van der Waals surface area contributed by atoms with Crippen LogP contribution < -0.4 is 4.92 Å². The minimum Gasteiger partial charge on any atom is -0.0679 e. The predicted molar refractivity (Wildman–Crippen MR) is 112 cm³/mol. The monoisotopic (exact) mass is 348 g/mol. The summed E-state index contributed by atoms with van der Waals surface area (Å²) >= 11 is 0. The van der Waals surface area contributed by atoms with Crippen molar-refractivity contribution in [3.8, 4) is 22.0 Å². The van der Waals surface area contributed by atoms with Crippen molar-refractivity contribution < 1.29 is 0 Å². The van der Waals surface area contributed by atoms with Gasteiger partial charge >= 0.3 is 0 Å². The highest BCUT2D eigenvalue weighted by Crippen LogP contribution is 2.41. The average Bonchev–Trinajstić information content (AvgIpc) is 2.57. The lowest BCUT2D eigenvalue weighted by Crippen LogP contribution is -2.37. The zero-order valence-corrected chi connectivity index (χ0v) is 17.1. The molecule has 2 heteroatoms. The molecule has 0 N–H and O–H groups in total. The Kier molecular flexibility index (Phi) is 4.76. The lowest BCUT2D eigenvalue weighted by molar-refractivity contribution is 1.38. The molecule has 0 saturated heterocycles. The molecule has 3 rings (SSSR count). The smallest absolute Gasteiger partial charge is 0.0679 e. The Labute approximate surface area is 148 Å². The molecule has 0 fully saturated rings. The van der Waals surface area contributed by atoms with Gasteiger partial charge in [-0.2, -0.15) is 0 Å². The largest absolute Gasteiger partial charge is 0.0838 e. The summed E-state index contributed by atoms with van der Waals surface area (Å²) in [5, 5.41) is 1.46. The summed E-state index contributed by atoms with van der Waals surface area (Å²) in [6, 6.07) is 21.8. The van der Waals surface area contributed by atoms with E-state index in [0.29, 0.717) is 0 Å². The van der Waals surface area contributed by atoms with Crippen molar-refractivity contribution in [1.29, 1.82) is 0 Å². The summed E-state index contributed by atoms with van der Waals surface area (Å²) in [5.41, 5.74) is 7.05. The molecule has 122 valence electrons. The molecule has 0 nitrogen and oxygen atoms in total. The molecule has 0 aliphatic carbocycles. The second-order valence-electron chi connectivity index (χ2n) is 7.42. The molecule has 0 aliphatic rings. The molecule has 1 aromatic heterocycles. The second-order valence-corrected chi connectivity index (χ2v) is 14.0. The fraction of sp³-hybridized carbons (Fsp3) is 0.227. The van der Waals surface area contributed by atoms with Crippen molar-refractivity contribution in [2.45, 2.75) is 33.5 Å². The van der Waals surface area contributed by atoms with Gasteiger partial charge in [0, 0.05) is 5.30 Å². The molecular weight excluding hydrogens is 323 g/mol. The maximum absolute atomic E-state index is 2.46. The van der Waals surface area contributed by atoms with E-state index >= 15 is 0 Å². The number of benzene rings is 2. The maximum Gasteiger partial charge on any atom is 0.0838 e. The van der Waals surface area contributed by atoms with Gasteiger partial charge in [0.1, 0.15) is 0 Å². The van der Waals surface area contributed by atoms with Gasteiger partial charge in [-0.05, 0) is 46.6 Å². The highest BCUT2D eigenvalue weighted by molar-refractivity contribution is 7.44. The van der Waals surface area contributed by atoms with Crippen LogP contribution in [0.4, 0.5) is 0 Å². The molecule has 0 unspecified atom stereocenters. The van der Waals surface area contributed by atoms with E-state index in [-0.39, 0.29) is 0 Å². The molecule has 0 radical (unpaired) electrons. The van der Waals surface area contributed by atoms with Crippen LogP contribution in [-0.2, 0) is 0 Å². The van der Waals surface area contributed by atoms with E-state index in [1.54, 1.807) is 4.92 Å². The van der Waals surface area contributed by atoms with Crippen LogP contribution in [0, 0.1) is 13.8 Å². The first-order chi connectivity index (χ1) is 11.4. The fourth-order valence-corrected chi connectivity index (χ4v) is 7.52. The standard InChI is InChI=1S/C22H25PSi/c1-16-17(2)22(24(3,4)5)23-21(19-14-10-7-11-15-19)20(16)18-12-8-6-9-13-18/h6-15H,1-5H3. The van der Waals surface area contributed by atoms with Gasteiger partial charge in [0.15, 0.2) is 0 Å². The third kappa shape index (κ3) is 3.24. The van der Waals surface area contributed by atoms with Gasteiger partial charge in [0.25, 0.3) is 0 Å². The van der Waals surface area contributed by atoms with E-state index in [2.05, 4.69) is 94.2 Å². The van der Waals surface area contributed by atoms with Crippen LogP contribution in [0.25, 0.3) is 22.0 Å². The SMILES string of the molecule is Cc1c([Si](C)(C)C)pc(-c2ccccc2)c(-c2ccccc2)c1C. The minimum atomic E-state index is -1.35. The van der Waals surface area contributed by atoms with Crippen molar-refractivity contribution in [1.82, 2.24) is 0 Å². The number of rotatable bonds is 3. The zero-order chi connectivity index (χ0) is 17.3. The summed E-state index contributed by atoms with van der Waals surface area (Å²) in [7, 11) is 0.0416. The molecule has 0 saturated carbocycles. The quantitative estimate of drug-likeness (QED) is 0.459. The molecule has 2 aromatic carbocycles. The van der Waals surface area contributed by atoms with Gasteiger partial charge in [-0.15, -0.1) is 0 Å². The lowest BCUT2D eigenvalue weighted by Gasteiger charge is -2.25. The van der Waals surface area contributed by atoms with Gasteiger partial charge in [-0.25, -0.2) is 0 Å². The first-order valence-electron chi connectivity index (χ1n) is 8.52. The van der Waals surface area contributed by atoms with Gasteiger partial charge in [-0.1, -0.05) is 88.5 Å². The van der Waals surface area contributed by atoms with E-state index in [1.807, 2.05) is 0 Å². The Morgan fingerprint density at radius 1 is 0.667 bits per heavy atom. The topological polar surface area (TPSA) is 0 Å². The predicted octanol–water partition coefficient (Wildman–Crippen LogP) is 6.76. The molecule has 0 amide bonds. The second kappa shape index (κ2) is 6.67. The Balaban J connectivity index is 2.38. The molecule has 3 aromatic rings. The third-order valence-corrected chi connectivity index (χ3v) is 9.98. The van der Waals surface area contributed by atoms with Gasteiger partial charge < -0.3 is 0 Å². The normalized spacial score (nSPS) is 11.9. The van der Waals surface area contributed by atoms with E-state index in [9.17, 15) is 0 Å². The van der Waals surface area contributed by atoms with Crippen molar-refractivity contribution in [2.24, 2.45) is 0 Å². The van der Waals surface area contributed by atoms with Crippen LogP contribution in [0.2, 0.25) is 19.6 Å². The summed E-state index contributed by atoms with van der Waals surface area (Å²) in [6.45, 7) is 12.0. The highest BCUT2D eigenvalue weighted by Gasteiger charge is 2.24. The first-order valence-corrected chi connectivity index (χ1v) is 12.9. The first kappa shape index (κ1) is 17.1. The summed E-state index contributed by atoms with van der Waals surface area (Å²) in [5.74, 6) is 0. The average molecular weight is 349 g/mol. The van der Waals surface area contributed by atoms with Crippen LogP contribution >= 0.6 is 8.19 Å². The Bertz CT molecular complexity index is 847. The van der Waals surface area contributed by atoms with Crippen molar-refractivity contribution in [3.05, 3.63) is 71.8 Å². The van der Waals surface area contributed by atoms with E-state index in [1.165, 1.54) is 41.3 Å². The Morgan fingerprint density at radius 2 is 1.17 bits per heavy atom. The van der Waals surface area contributed by atoms with E-state index in [4.69, 9.17) is 0 Å². The molecule has 0 spiro atoms. The van der Waals surface area contributed by atoms with E-state index < -0.39 is 8.07 Å². The van der Waals surface area contributed by atoms with Crippen LogP contribution in [0.1, 0.15) is 11.1 Å². The van der Waals surface area contributed by atoms with Crippen LogP contribution in [-0.4, -0.2) is 8.07 Å². The number of hydrogen-bond acceptors (Lipinski definition) is 0. The molecule has 0 bridgehead atoms. The zero-order valence-electron chi connectivity index (χ0n) is 15.2. The van der Waals surface area contributed by atoms with Crippen molar-refractivity contribution in [3.63, 3.8) is 0 Å². The van der Waals surface area contributed by atoms with Crippen molar-refractivity contribution >= 4 is 21.2 Å². The molecule has 1 heterocycles. The van der Waals surface area contributed by atoms with Crippen LogP contribution in [0.15, 0.2) is 60.7 Å². The molecule has 0 atom stereocenters. The van der Waals surface area contributed by atoms with Gasteiger partial charge in [0.05, 0.1) is 8.07 Å². The van der Waals surface area contributed by atoms with Crippen LogP contribution in [0.5, 0.6) is 0 Å². The lowest BCUT2D eigenvalue weighted by atomic mass is 9.96. The molecule has 24 heavy (non-hydrogen) atoms. The van der Waals surface area contributed by atoms with Crippen LogP contribution in [0.3, 0.4) is 0 Å². The fourth-order valence-electron chi connectivity index (χ4n) is 3.29. The van der Waals surface area contributed by atoms with Gasteiger partial charge in [0.2, 0.25) is 0 Å². The summed E-state index contributed by atoms with van der Waals surface area (Å²) < 4.78 is 0. The number of hydrogen-bond donors (Lipinski definition) is 0. The van der Waals surface area contributed by atoms with E-state index in [0.717, 1.165) is 0 Å². The van der Waals surface area contributed by atoms with Crippen molar-refractivity contribution in [2.75, 3.05) is 0 Å².